The smallest absolute Gasteiger partial charge is 0.347 e. The highest BCUT2D eigenvalue weighted by Crippen LogP contribution is 2.26. The number of benzene rings is 2. The Morgan fingerprint density at radius 1 is 0.463 bits per heavy atom. The number of carboxylic acid groups (broad SMARTS) is 8. The number of ketones is 3. The summed E-state index contributed by atoms with van der Waals surface area (Å²) in [5.41, 5.74) is 0.416. The van der Waals surface area contributed by atoms with Crippen molar-refractivity contribution in [2.45, 2.75) is 152 Å². The molecule has 0 bridgehead atoms. The summed E-state index contributed by atoms with van der Waals surface area (Å²) in [6.07, 6.45) is 3.52. The third kappa shape index (κ3) is 36.0. The van der Waals surface area contributed by atoms with Crippen molar-refractivity contribution in [3.63, 3.8) is 0 Å². The molecule has 1 saturated heterocycles. The lowest BCUT2D eigenvalue weighted by atomic mass is 9.89. The largest absolute Gasteiger partial charge is 0.481 e. The normalized spacial score (nSPS) is 15.7. The molecule has 0 radical (unpaired) electrons. The first-order valence-electron chi connectivity index (χ1n) is 35.2. The van der Waals surface area contributed by atoms with E-state index in [0.717, 1.165) is 18.2 Å². The Labute approximate surface area is 634 Å². The number of halogens is 1. The number of ether oxygens (including phenoxy) is 1. The molecule has 592 valence electrons. The number of Topliss-reactive ketones (excluding diaryl/α,β-unsaturated/α-hetero) is 1. The number of aliphatic carboxylic acids is 8. The molecule has 14 N–H and O–H groups in total. The van der Waals surface area contributed by atoms with Crippen molar-refractivity contribution in [3.05, 3.63) is 87.0 Å². The number of unbranched alkanes of at least 4 members (excludes halogenated alkanes) is 5. The Morgan fingerprint density at radius 3 is 1.44 bits per heavy atom. The molecule has 36 nitrogen and oxygen atoms in total. The number of hydrogen-bond acceptors (Lipinski definition) is 22. The Kier molecular flexibility index (Phi) is 40.3. The van der Waals surface area contributed by atoms with Gasteiger partial charge in [-0.1, -0.05) is 49.2 Å². The fraction of sp³-hybridized carbons (Fsp3) is 0.535. The van der Waals surface area contributed by atoms with E-state index in [0.29, 0.717) is 49.7 Å². The molecule has 2 aromatic carbocycles. The van der Waals surface area contributed by atoms with E-state index in [4.69, 9.17) is 9.84 Å². The zero-order valence-electron chi connectivity index (χ0n) is 59.5. The average molecular weight is 1630 g/mol. The van der Waals surface area contributed by atoms with Gasteiger partial charge in [-0.3, -0.25) is 77.1 Å². The molecule has 2 aromatic rings. The van der Waals surface area contributed by atoms with Gasteiger partial charge in [0, 0.05) is 110 Å². The highest BCUT2D eigenvalue weighted by molar-refractivity contribution is 14.1. The van der Waals surface area contributed by atoms with Gasteiger partial charge in [0.05, 0.1) is 29.2 Å². The molecule has 1 fully saturated rings. The van der Waals surface area contributed by atoms with Gasteiger partial charge >= 0.3 is 59.8 Å². The van der Waals surface area contributed by atoms with Crippen LogP contribution in [0.5, 0.6) is 5.75 Å². The maximum atomic E-state index is 14.9. The summed E-state index contributed by atoms with van der Waals surface area (Å²) >= 11 is 1.82. The minimum Gasteiger partial charge on any atom is -0.481 e. The van der Waals surface area contributed by atoms with Crippen LogP contribution in [0.3, 0.4) is 0 Å². The van der Waals surface area contributed by atoms with E-state index in [1.54, 1.807) is 30.3 Å². The topological polar surface area (TPSA) is 546 Å². The molecular formula is C71H95IN10O26. The van der Waals surface area contributed by atoms with Crippen molar-refractivity contribution >= 4 is 123 Å². The zero-order chi connectivity index (χ0) is 79.8. The van der Waals surface area contributed by atoms with Gasteiger partial charge in [-0.2, -0.15) is 0 Å². The number of carboxylic acids is 8. The summed E-state index contributed by atoms with van der Waals surface area (Å²) in [6.45, 7) is -1.06. The van der Waals surface area contributed by atoms with Gasteiger partial charge in [0.25, 0.3) is 0 Å². The maximum Gasteiger partial charge on any atom is 0.347 e. The first-order chi connectivity index (χ1) is 51.3. The van der Waals surface area contributed by atoms with Gasteiger partial charge in [0.2, 0.25) is 23.6 Å². The molecule has 0 saturated carbocycles. The molecule has 108 heavy (non-hydrogen) atoms. The van der Waals surface area contributed by atoms with Gasteiger partial charge in [0.15, 0.2) is 17.3 Å². The Hall–Kier alpha value is -10.1. The number of urea groups is 1. The number of rotatable bonds is 48. The monoisotopic (exact) mass is 1630 g/mol. The molecule has 2 aliphatic rings. The van der Waals surface area contributed by atoms with Gasteiger partial charge < -0.3 is 77.5 Å². The van der Waals surface area contributed by atoms with Gasteiger partial charge in [-0.25, -0.2) is 24.0 Å². The Morgan fingerprint density at radius 2 is 0.963 bits per heavy atom. The summed E-state index contributed by atoms with van der Waals surface area (Å²) in [5, 5.41) is 92.7. The Bertz CT molecular complexity index is 3540. The predicted octanol–water partition coefficient (Wildman–Crippen LogP) is 0.939. The van der Waals surface area contributed by atoms with Crippen LogP contribution in [0.15, 0.2) is 72.3 Å². The summed E-state index contributed by atoms with van der Waals surface area (Å²) in [6, 6.07) is 4.36. The number of nitrogens with zero attached hydrogens (tertiary/aromatic N) is 4. The van der Waals surface area contributed by atoms with Crippen LogP contribution >= 0.6 is 22.6 Å². The van der Waals surface area contributed by atoms with E-state index in [9.17, 15) is 117 Å². The first-order valence-corrected chi connectivity index (χ1v) is 36.3. The fourth-order valence-electron chi connectivity index (χ4n) is 11.7. The van der Waals surface area contributed by atoms with E-state index in [-0.39, 0.29) is 138 Å². The van der Waals surface area contributed by atoms with Crippen LogP contribution in [0.1, 0.15) is 120 Å². The number of esters is 1. The Balaban J connectivity index is 1.39. The van der Waals surface area contributed by atoms with Gasteiger partial charge in [-0.15, -0.1) is 0 Å². The van der Waals surface area contributed by atoms with E-state index in [1.807, 2.05) is 27.9 Å². The van der Waals surface area contributed by atoms with Crippen molar-refractivity contribution < 1.29 is 127 Å². The summed E-state index contributed by atoms with van der Waals surface area (Å²) in [5.74, 6) is -17.2. The van der Waals surface area contributed by atoms with E-state index >= 15 is 0 Å². The second-order valence-corrected chi connectivity index (χ2v) is 27.1. The van der Waals surface area contributed by atoms with Crippen molar-refractivity contribution in [1.29, 1.82) is 0 Å². The van der Waals surface area contributed by atoms with Gasteiger partial charge in [0.1, 0.15) is 35.5 Å². The highest BCUT2D eigenvalue weighted by Gasteiger charge is 2.34. The molecule has 0 spiro atoms. The number of nitrogens with one attached hydrogen (secondary N) is 6. The van der Waals surface area contributed by atoms with Crippen molar-refractivity contribution in [2.75, 3.05) is 85.1 Å². The number of allylic oxidation sites excluding steroid dienone is 3. The van der Waals surface area contributed by atoms with Crippen LogP contribution in [0.25, 0.3) is 0 Å². The number of carbonyl (C=O) groups excluding carboxylic acids is 9. The fourth-order valence-corrected chi connectivity index (χ4v) is 12.4. The van der Waals surface area contributed by atoms with E-state index < -0.39 is 182 Å². The molecule has 1 heterocycles. The van der Waals surface area contributed by atoms with Crippen LogP contribution < -0.4 is 36.6 Å². The SMILES string of the molecule is O=C1C=CC(=O)C(C(=O)Oc2ccc(C[C@@H](NC(=O)CC[C@H](C(=O)O)N3CCN(CC(=O)O)CCN(CC(=O)O)CCN(CC(=O)O)CC3)C(=O)C[C@H](Cc3ccccc3)C(=O)N[C@H](CCCCNC(=O)CCCCCCC(=O)NCCCC[C@H](NC(=O)N[C@@H](CCC(=O)O)C(=O)O)C(=O)O)C(=O)O)cc2I)=C1. The molecule has 0 unspecified atom stereocenters. The standard InChI is InChI=1S/C71H95IN10O26/c72-49-37-45(18-23-57(49)108-70(106)48-40-47(83)19-22-55(48)84)38-53(75-60(88)24-21-54(69(104)105)82-34-32-80(42-63(93)94)30-28-79(41-62(91)92)29-31-81(33-35-82)43-64(95)96)56(85)39-46(36-44-12-4-3-5-13-44)65(97)76-50(66(98)99)14-8-10-26-73-58(86)16-6-1-2-7-17-59(87)74-27-11-9-15-51(67(100)101)77-71(107)78-52(68(102)103)20-25-61(89)90/h3-5,12-13,18-19,22-23,37,40,46,50-54H,1-2,6-11,14-17,20-21,24-36,38-39,41-43H2,(H,73,86)(H,74,87)(H,75,88)(H,76,97)(H,89,90)(H,91,92)(H,93,94)(H,95,96)(H,98,99)(H,100,101)(H,102,103)(H,104,105)(H2,77,78,107)/t46-,50+,51-,52-,53+,54+/m0/s1. The second-order valence-electron chi connectivity index (χ2n) is 26.0. The molecular weight excluding hydrogens is 1540 g/mol. The maximum absolute atomic E-state index is 14.9. The summed E-state index contributed by atoms with van der Waals surface area (Å²) in [7, 11) is 0. The third-order valence-electron chi connectivity index (χ3n) is 17.5. The van der Waals surface area contributed by atoms with E-state index in [1.165, 1.54) is 37.8 Å². The lowest BCUT2D eigenvalue weighted by molar-refractivity contribution is -0.145. The van der Waals surface area contributed by atoms with Crippen molar-refractivity contribution in [3.8, 4) is 5.75 Å². The number of amides is 6. The molecule has 6 atom stereocenters. The zero-order valence-corrected chi connectivity index (χ0v) is 61.7. The van der Waals surface area contributed by atoms with Crippen molar-refractivity contribution in [1.82, 2.24) is 51.5 Å². The van der Waals surface area contributed by atoms with E-state index in [2.05, 4.69) is 26.6 Å². The van der Waals surface area contributed by atoms with Gasteiger partial charge in [-0.05, 0) is 135 Å². The molecule has 37 heteroatoms. The summed E-state index contributed by atoms with van der Waals surface area (Å²) in [4.78, 5) is 220. The average Bonchev–Trinajstić information content (AvgIpc) is 0.834. The quantitative estimate of drug-likeness (QED) is 0.0109. The molecule has 1 aliphatic heterocycles. The molecule has 0 aromatic heterocycles. The lowest BCUT2D eigenvalue weighted by Gasteiger charge is -2.35. The van der Waals surface area contributed by atoms with Crippen LogP contribution in [0.4, 0.5) is 4.79 Å². The van der Waals surface area contributed by atoms with Crippen molar-refractivity contribution in [2.24, 2.45) is 5.92 Å². The van der Waals surface area contributed by atoms with Crippen LogP contribution in [-0.4, -0.2) is 276 Å². The lowest BCUT2D eigenvalue weighted by Crippen LogP contribution is -2.52. The molecule has 6 amide bonds. The summed E-state index contributed by atoms with van der Waals surface area (Å²) < 4.78 is 5.74. The van der Waals surface area contributed by atoms with Crippen LogP contribution in [0, 0.1) is 9.49 Å². The highest BCUT2D eigenvalue weighted by atomic mass is 127. The van der Waals surface area contributed by atoms with Crippen LogP contribution in [0.2, 0.25) is 0 Å². The first kappa shape index (κ1) is 90.3. The minimum atomic E-state index is -1.55. The van der Waals surface area contributed by atoms with Crippen LogP contribution in [-0.2, 0) is 89.6 Å². The number of hydrogen-bond donors (Lipinski definition) is 14. The minimum absolute atomic E-state index is 0.0402. The third-order valence-corrected chi connectivity index (χ3v) is 18.3. The molecule has 1 aliphatic carbocycles. The predicted molar refractivity (Wildman–Crippen MR) is 388 cm³/mol. The molecule has 4 rings (SSSR count). The number of carbonyl (C=O) groups is 17. The second kappa shape index (κ2) is 48.2.